The highest BCUT2D eigenvalue weighted by molar-refractivity contribution is 7.90. The molecule has 8 heteroatoms. The summed E-state index contributed by atoms with van der Waals surface area (Å²) >= 11 is 0. The van der Waals surface area contributed by atoms with Gasteiger partial charge < -0.3 is 9.64 Å². The lowest BCUT2D eigenvalue weighted by molar-refractivity contribution is -0.142. The average Bonchev–Trinajstić information content (AvgIpc) is 3.33. The molecule has 22 heavy (non-hydrogen) atoms. The zero-order valence-electron chi connectivity index (χ0n) is 13.1. The first-order valence-electron chi connectivity index (χ1n) is 8.05. The van der Waals surface area contributed by atoms with Crippen LogP contribution in [0.5, 0.6) is 0 Å². The van der Waals surface area contributed by atoms with Crippen LogP contribution in [-0.4, -0.2) is 92.7 Å². The van der Waals surface area contributed by atoms with Gasteiger partial charge in [-0.1, -0.05) is 0 Å². The van der Waals surface area contributed by atoms with E-state index in [4.69, 9.17) is 4.74 Å². The van der Waals surface area contributed by atoms with E-state index in [1.165, 1.54) is 0 Å². The van der Waals surface area contributed by atoms with Gasteiger partial charge in [-0.25, -0.2) is 8.42 Å². The van der Waals surface area contributed by atoms with Gasteiger partial charge in [0, 0.05) is 46.4 Å². The molecule has 1 unspecified atom stereocenters. The second-order valence-electron chi connectivity index (χ2n) is 6.33. The molecule has 3 fully saturated rings. The SMILES string of the molecule is COCCN1CCN2CCCN(S(=O)(=O)C3CC3)CC2C1=O. The fraction of sp³-hybridized carbons (Fsp3) is 0.929. The van der Waals surface area contributed by atoms with Gasteiger partial charge in [-0.05, 0) is 19.3 Å². The third kappa shape index (κ3) is 3.15. The summed E-state index contributed by atoms with van der Waals surface area (Å²) in [5.74, 6) is 0.0428. The summed E-state index contributed by atoms with van der Waals surface area (Å²) in [5, 5.41) is -0.206. The van der Waals surface area contributed by atoms with E-state index >= 15 is 0 Å². The molecular weight excluding hydrogens is 306 g/mol. The molecule has 1 aliphatic carbocycles. The van der Waals surface area contributed by atoms with E-state index in [1.54, 1.807) is 16.3 Å². The quantitative estimate of drug-likeness (QED) is 0.669. The maximum atomic E-state index is 12.7. The molecule has 2 saturated heterocycles. The van der Waals surface area contributed by atoms with Crippen molar-refractivity contribution in [2.24, 2.45) is 0 Å². The van der Waals surface area contributed by atoms with Gasteiger partial charge in [-0.2, -0.15) is 4.31 Å². The number of methoxy groups -OCH3 is 1. The van der Waals surface area contributed by atoms with Gasteiger partial charge in [0.05, 0.1) is 11.9 Å². The summed E-state index contributed by atoms with van der Waals surface area (Å²) in [7, 11) is -1.59. The Bertz CT molecular complexity index is 520. The predicted molar refractivity (Wildman–Crippen MR) is 81.9 cm³/mol. The van der Waals surface area contributed by atoms with E-state index in [9.17, 15) is 13.2 Å². The Hall–Kier alpha value is -0.700. The number of hydrogen-bond donors (Lipinski definition) is 0. The smallest absolute Gasteiger partial charge is 0.241 e. The van der Waals surface area contributed by atoms with Gasteiger partial charge in [-0.3, -0.25) is 9.69 Å². The predicted octanol–water partition coefficient (Wildman–Crippen LogP) is -0.656. The van der Waals surface area contributed by atoms with E-state index in [0.29, 0.717) is 32.8 Å². The van der Waals surface area contributed by atoms with Crippen molar-refractivity contribution in [3.63, 3.8) is 0 Å². The summed E-state index contributed by atoms with van der Waals surface area (Å²) in [6.07, 6.45) is 2.33. The number of sulfonamides is 1. The van der Waals surface area contributed by atoms with E-state index in [-0.39, 0.29) is 17.2 Å². The summed E-state index contributed by atoms with van der Waals surface area (Å²) < 4.78 is 31.6. The maximum absolute atomic E-state index is 12.7. The van der Waals surface area contributed by atoms with Gasteiger partial charge >= 0.3 is 0 Å². The Morgan fingerprint density at radius 1 is 1.18 bits per heavy atom. The average molecular weight is 331 g/mol. The molecule has 0 aromatic heterocycles. The number of amides is 1. The number of hydrogen-bond acceptors (Lipinski definition) is 5. The normalized spacial score (nSPS) is 28.5. The summed E-state index contributed by atoms with van der Waals surface area (Å²) in [4.78, 5) is 16.6. The van der Waals surface area contributed by atoms with Crippen LogP contribution in [-0.2, 0) is 19.6 Å². The van der Waals surface area contributed by atoms with Crippen LogP contribution >= 0.6 is 0 Å². The minimum absolute atomic E-state index is 0.0428. The number of piperazine rings is 1. The highest BCUT2D eigenvalue weighted by Gasteiger charge is 2.44. The fourth-order valence-electron chi connectivity index (χ4n) is 3.31. The van der Waals surface area contributed by atoms with Gasteiger partial charge in [0.25, 0.3) is 0 Å². The lowest BCUT2D eigenvalue weighted by Gasteiger charge is -2.40. The van der Waals surface area contributed by atoms with E-state index in [1.807, 2.05) is 0 Å². The van der Waals surface area contributed by atoms with Crippen LogP contribution < -0.4 is 0 Å². The molecule has 2 heterocycles. The number of rotatable bonds is 5. The lowest BCUT2D eigenvalue weighted by Crippen LogP contribution is -2.60. The van der Waals surface area contributed by atoms with Crippen LogP contribution in [0.25, 0.3) is 0 Å². The van der Waals surface area contributed by atoms with E-state index in [0.717, 1.165) is 32.4 Å². The second-order valence-corrected chi connectivity index (χ2v) is 8.54. The molecule has 3 aliphatic rings. The highest BCUT2D eigenvalue weighted by Crippen LogP contribution is 2.32. The number of ether oxygens (including phenoxy) is 1. The number of fused-ring (bicyclic) bond motifs is 1. The molecular formula is C14H25N3O4S. The zero-order valence-corrected chi connectivity index (χ0v) is 13.9. The molecule has 1 amide bonds. The third-order valence-electron chi connectivity index (χ3n) is 4.79. The number of carbonyl (C=O) groups is 1. The zero-order chi connectivity index (χ0) is 15.7. The van der Waals surface area contributed by atoms with E-state index in [2.05, 4.69) is 4.90 Å². The van der Waals surface area contributed by atoms with Crippen LogP contribution in [0, 0.1) is 0 Å². The maximum Gasteiger partial charge on any atom is 0.241 e. The molecule has 0 spiro atoms. The lowest BCUT2D eigenvalue weighted by atomic mass is 10.1. The topological polar surface area (TPSA) is 70.2 Å². The second kappa shape index (κ2) is 6.43. The van der Waals surface area contributed by atoms with Crippen molar-refractivity contribution in [2.45, 2.75) is 30.6 Å². The Balaban J connectivity index is 1.72. The van der Waals surface area contributed by atoms with Crippen molar-refractivity contribution in [3.8, 4) is 0 Å². The van der Waals surface area contributed by atoms with Crippen LogP contribution in [0.15, 0.2) is 0 Å². The molecule has 1 atom stereocenters. The van der Waals surface area contributed by atoms with Crippen LogP contribution in [0.3, 0.4) is 0 Å². The molecule has 126 valence electrons. The highest BCUT2D eigenvalue weighted by atomic mass is 32.2. The summed E-state index contributed by atoms with van der Waals surface area (Å²) in [6, 6.07) is -0.332. The van der Waals surface area contributed by atoms with Gasteiger partial charge in [0.2, 0.25) is 15.9 Å². The van der Waals surface area contributed by atoms with Crippen molar-refractivity contribution in [2.75, 3.05) is 53.0 Å². The molecule has 3 rings (SSSR count). The fourth-order valence-corrected chi connectivity index (χ4v) is 5.19. The molecule has 0 N–H and O–H groups in total. The molecule has 2 aliphatic heterocycles. The minimum Gasteiger partial charge on any atom is -0.383 e. The van der Waals surface area contributed by atoms with Gasteiger partial charge in [-0.15, -0.1) is 0 Å². The van der Waals surface area contributed by atoms with Crippen molar-refractivity contribution in [1.29, 1.82) is 0 Å². The third-order valence-corrected chi connectivity index (χ3v) is 7.16. The Morgan fingerprint density at radius 2 is 1.95 bits per heavy atom. The molecule has 1 saturated carbocycles. The van der Waals surface area contributed by atoms with Gasteiger partial charge in [0.1, 0.15) is 6.04 Å². The first-order chi connectivity index (χ1) is 10.5. The minimum atomic E-state index is -3.21. The molecule has 0 aromatic carbocycles. The van der Waals surface area contributed by atoms with Crippen molar-refractivity contribution < 1.29 is 17.9 Å². The number of nitrogens with zero attached hydrogens (tertiary/aromatic N) is 3. The summed E-state index contributed by atoms with van der Waals surface area (Å²) in [5.41, 5.74) is 0. The van der Waals surface area contributed by atoms with Crippen LogP contribution in [0.2, 0.25) is 0 Å². The van der Waals surface area contributed by atoms with Crippen LogP contribution in [0.1, 0.15) is 19.3 Å². The Morgan fingerprint density at radius 3 is 2.64 bits per heavy atom. The molecule has 0 bridgehead atoms. The molecule has 0 aromatic rings. The Labute approximate surface area is 132 Å². The molecule has 7 nitrogen and oxygen atoms in total. The monoisotopic (exact) mass is 331 g/mol. The Kier molecular flexibility index (Phi) is 4.72. The van der Waals surface area contributed by atoms with Crippen molar-refractivity contribution in [3.05, 3.63) is 0 Å². The molecule has 0 radical (unpaired) electrons. The van der Waals surface area contributed by atoms with Gasteiger partial charge in [0.15, 0.2) is 0 Å². The van der Waals surface area contributed by atoms with Crippen molar-refractivity contribution >= 4 is 15.9 Å². The first kappa shape index (κ1) is 16.2. The van der Waals surface area contributed by atoms with Crippen LogP contribution in [0.4, 0.5) is 0 Å². The van der Waals surface area contributed by atoms with E-state index < -0.39 is 10.0 Å². The largest absolute Gasteiger partial charge is 0.383 e. The number of carbonyl (C=O) groups excluding carboxylic acids is 1. The first-order valence-corrected chi connectivity index (χ1v) is 9.55. The van der Waals surface area contributed by atoms with Crippen molar-refractivity contribution in [1.82, 2.24) is 14.1 Å². The standard InChI is InChI=1S/C14H25N3O4S/c1-21-10-9-16-8-7-15-5-2-6-17(11-13(15)14(16)18)22(19,20)12-3-4-12/h12-13H,2-11H2,1H3. The summed E-state index contributed by atoms with van der Waals surface area (Å²) in [6.45, 7) is 4.26.